The van der Waals surface area contributed by atoms with Crippen LogP contribution in [0.2, 0.25) is 5.02 Å². The third-order valence-electron chi connectivity index (χ3n) is 4.92. The zero-order valence-electron chi connectivity index (χ0n) is 17.7. The second-order valence-corrected chi connectivity index (χ2v) is 7.86. The Morgan fingerprint density at radius 1 is 1.34 bits per heavy atom. The molecule has 1 aliphatic heterocycles. The summed E-state index contributed by atoms with van der Waals surface area (Å²) < 4.78 is 43.7. The van der Waals surface area contributed by atoms with Gasteiger partial charge < -0.3 is 15.0 Å². The van der Waals surface area contributed by atoms with Gasteiger partial charge in [-0.05, 0) is 30.5 Å². The van der Waals surface area contributed by atoms with E-state index in [4.69, 9.17) is 22.8 Å². The van der Waals surface area contributed by atoms with Gasteiger partial charge in [0.05, 0.1) is 22.8 Å². The summed E-state index contributed by atoms with van der Waals surface area (Å²) in [5.74, 6) is 0.627. The maximum Gasteiger partial charge on any atom is 0.416 e. The van der Waals surface area contributed by atoms with Crippen LogP contribution < -0.4 is 5.32 Å². The third-order valence-corrected chi connectivity index (χ3v) is 5.23. The smallest absolute Gasteiger partial charge is 0.416 e. The number of urea groups is 1. The Morgan fingerprint density at radius 3 is 2.50 bits per heavy atom. The van der Waals surface area contributed by atoms with Gasteiger partial charge in [-0.2, -0.15) is 13.2 Å². The number of anilines is 1. The van der Waals surface area contributed by atoms with Crippen molar-refractivity contribution in [2.45, 2.75) is 45.5 Å². The molecule has 0 spiro atoms. The molecule has 0 bridgehead atoms. The zero-order valence-corrected chi connectivity index (χ0v) is 18.5. The fraction of sp³-hybridized carbons (Fsp3) is 0.476. The number of carbonyl (C=O) groups is 3. The molecule has 1 aromatic rings. The lowest BCUT2D eigenvalue weighted by Crippen LogP contribution is -2.41. The highest BCUT2D eigenvalue weighted by Crippen LogP contribution is 2.34. The zero-order chi connectivity index (χ0) is 24.2. The topological polar surface area (TPSA) is 79.0 Å². The van der Waals surface area contributed by atoms with Crippen LogP contribution in [0.25, 0.3) is 0 Å². The van der Waals surface area contributed by atoms with Gasteiger partial charge in [0.15, 0.2) is 6.73 Å². The van der Waals surface area contributed by atoms with E-state index >= 15 is 0 Å². The number of amides is 3. The fourth-order valence-electron chi connectivity index (χ4n) is 3.18. The highest BCUT2D eigenvalue weighted by molar-refractivity contribution is 6.33. The molecule has 1 heterocycles. The molecule has 3 amide bonds. The molecule has 1 saturated heterocycles. The quantitative estimate of drug-likeness (QED) is 0.351. The van der Waals surface area contributed by atoms with Crippen LogP contribution in [0.4, 0.5) is 23.7 Å². The number of ether oxygens (including phenoxy) is 1. The number of rotatable bonds is 8. The second kappa shape index (κ2) is 10.1. The molecule has 7 nitrogen and oxygen atoms in total. The molecule has 1 aliphatic rings. The minimum atomic E-state index is -4.56. The largest absolute Gasteiger partial charge is 0.442 e. The molecular weight excluding hydrogens is 451 g/mol. The van der Waals surface area contributed by atoms with Crippen LogP contribution in [-0.2, 0) is 20.5 Å². The fourth-order valence-corrected chi connectivity index (χ4v) is 3.41. The van der Waals surface area contributed by atoms with Crippen molar-refractivity contribution in [3.8, 4) is 12.3 Å². The molecule has 0 aliphatic carbocycles. The molecule has 32 heavy (non-hydrogen) atoms. The Hall–Kier alpha value is -2.93. The van der Waals surface area contributed by atoms with Crippen molar-refractivity contribution in [2.75, 3.05) is 18.6 Å². The second-order valence-electron chi connectivity index (χ2n) is 7.46. The van der Waals surface area contributed by atoms with Crippen molar-refractivity contribution in [1.82, 2.24) is 9.80 Å². The van der Waals surface area contributed by atoms with Crippen molar-refractivity contribution >= 4 is 35.2 Å². The summed E-state index contributed by atoms with van der Waals surface area (Å²) in [6, 6.07) is 0.309. The minimum Gasteiger partial charge on any atom is -0.442 e. The van der Waals surface area contributed by atoms with Crippen molar-refractivity contribution < 1.29 is 32.3 Å². The van der Waals surface area contributed by atoms with Crippen LogP contribution in [-0.4, -0.2) is 53.1 Å². The Labute approximate surface area is 188 Å². The number of terminal acetylenes is 1. The maximum absolute atomic E-state index is 12.8. The molecule has 1 aromatic carbocycles. The monoisotopic (exact) mass is 473 g/mol. The lowest BCUT2D eigenvalue weighted by molar-refractivity contribution is -0.151. The number of hydrogen-bond donors (Lipinski definition) is 1. The number of nitrogens with one attached hydrogen (secondary N) is 1. The van der Waals surface area contributed by atoms with Crippen LogP contribution in [0.3, 0.4) is 0 Å². The van der Waals surface area contributed by atoms with Crippen LogP contribution in [0.15, 0.2) is 18.2 Å². The average molecular weight is 474 g/mol. The Kier molecular flexibility index (Phi) is 8.02. The van der Waals surface area contributed by atoms with Gasteiger partial charge in [-0.3, -0.25) is 4.79 Å². The molecular formula is C21H23ClF3N3O4. The first-order chi connectivity index (χ1) is 14.9. The lowest BCUT2D eigenvalue weighted by Gasteiger charge is -2.24. The highest BCUT2D eigenvalue weighted by Gasteiger charge is 2.44. The SMILES string of the molecule is C#CCN1C(=O)N(COC(=O)C(Nc2ccc(C(F)(F)F)cc2Cl)C(C)C)C(=O)C1CC. The van der Waals surface area contributed by atoms with E-state index < -0.39 is 48.5 Å². The molecule has 11 heteroatoms. The number of imide groups is 1. The summed E-state index contributed by atoms with van der Waals surface area (Å²) >= 11 is 5.95. The van der Waals surface area contributed by atoms with E-state index in [9.17, 15) is 27.6 Å². The Morgan fingerprint density at radius 2 is 2.00 bits per heavy atom. The van der Waals surface area contributed by atoms with Gasteiger partial charge in [0.1, 0.15) is 12.1 Å². The third kappa shape index (κ3) is 5.46. The number of hydrogen-bond acceptors (Lipinski definition) is 5. The predicted molar refractivity (Wildman–Crippen MR) is 112 cm³/mol. The Balaban J connectivity index is 2.11. The molecule has 2 unspecified atom stereocenters. The first kappa shape index (κ1) is 25.3. The molecule has 1 fully saturated rings. The predicted octanol–water partition coefficient (Wildman–Crippen LogP) is 3.97. The number of alkyl halides is 3. The molecule has 2 rings (SSSR count). The number of halogens is 4. The van der Waals surface area contributed by atoms with Crippen molar-refractivity contribution in [3.63, 3.8) is 0 Å². The highest BCUT2D eigenvalue weighted by atomic mass is 35.5. The average Bonchev–Trinajstić information content (AvgIpc) is 2.93. The van der Waals surface area contributed by atoms with E-state index in [1.807, 2.05) is 0 Å². The number of nitrogens with zero attached hydrogens (tertiary/aromatic N) is 2. The van der Waals surface area contributed by atoms with Crippen LogP contribution in [0.5, 0.6) is 0 Å². The van der Waals surface area contributed by atoms with Gasteiger partial charge in [0.2, 0.25) is 0 Å². The van der Waals surface area contributed by atoms with Crippen LogP contribution >= 0.6 is 11.6 Å². The van der Waals surface area contributed by atoms with Gasteiger partial charge in [-0.15, -0.1) is 6.42 Å². The molecule has 174 valence electrons. The van der Waals surface area contributed by atoms with Crippen LogP contribution in [0.1, 0.15) is 32.8 Å². The first-order valence-electron chi connectivity index (χ1n) is 9.77. The van der Waals surface area contributed by atoms with Crippen LogP contribution in [0, 0.1) is 18.3 Å². The summed E-state index contributed by atoms with van der Waals surface area (Å²) in [5, 5.41) is 2.55. The molecule has 0 aromatic heterocycles. The van der Waals surface area contributed by atoms with Gasteiger partial charge in [-0.1, -0.05) is 38.3 Å². The summed E-state index contributed by atoms with van der Waals surface area (Å²) in [6.07, 6.45) is 1.04. The van der Waals surface area contributed by atoms with E-state index in [0.29, 0.717) is 6.42 Å². The number of esters is 1. The molecule has 2 atom stereocenters. The van der Waals surface area contributed by atoms with Gasteiger partial charge in [0.25, 0.3) is 5.91 Å². The summed E-state index contributed by atoms with van der Waals surface area (Å²) in [4.78, 5) is 39.6. The van der Waals surface area contributed by atoms with Gasteiger partial charge in [-0.25, -0.2) is 14.5 Å². The summed E-state index contributed by atoms with van der Waals surface area (Å²) in [6.45, 7) is 4.42. The Bertz CT molecular complexity index is 930. The van der Waals surface area contributed by atoms with Crippen molar-refractivity contribution in [1.29, 1.82) is 0 Å². The maximum atomic E-state index is 12.8. The van der Waals surface area contributed by atoms with E-state index in [1.54, 1.807) is 20.8 Å². The van der Waals surface area contributed by atoms with Gasteiger partial charge >= 0.3 is 18.2 Å². The first-order valence-corrected chi connectivity index (χ1v) is 10.2. The van der Waals surface area contributed by atoms with E-state index in [-0.39, 0.29) is 23.2 Å². The molecule has 0 saturated carbocycles. The van der Waals surface area contributed by atoms with Gasteiger partial charge in [0, 0.05) is 0 Å². The molecule has 1 N–H and O–H groups in total. The van der Waals surface area contributed by atoms with E-state index in [1.165, 1.54) is 4.90 Å². The van der Waals surface area contributed by atoms with Crippen molar-refractivity contribution in [2.24, 2.45) is 5.92 Å². The van der Waals surface area contributed by atoms with Crippen molar-refractivity contribution in [3.05, 3.63) is 28.8 Å². The standard InChI is InChI=1S/C21H23ClF3N3O4/c1-5-9-27-16(6-2)18(29)28(20(27)31)11-32-19(30)17(12(3)4)26-15-8-7-13(10-14(15)22)21(23,24)25/h1,7-8,10,12,16-17,26H,6,9,11H2,2-4H3. The normalized spacial score (nSPS) is 17.5. The van der Waals surface area contributed by atoms with E-state index in [0.717, 1.165) is 23.1 Å². The number of carbonyl (C=O) groups excluding carboxylic acids is 3. The van der Waals surface area contributed by atoms with E-state index in [2.05, 4.69) is 11.2 Å². The summed E-state index contributed by atoms with van der Waals surface area (Å²) in [7, 11) is 0. The summed E-state index contributed by atoms with van der Waals surface area (Å²) in [5.41, 5.74) is -0.820. The molecule has 0 radical (unpaired) electrons. The minimum absolute atomic E-state index is 0.0594. The lowest BCUT2D eigenvalue weighted by atomic mass is 10.0. The number of benzene rings is 1.